The molecule has 0 aliphatic carbocycles. The summed E-state index contributed by atoms with van der Waals surface area (Å²) in [7, 11) is -1.86. The summed E-state index contributed by atoms with van der Waals surface area (Å²) in [5.41, 5.74) is 1.36. The third-order valence-corrected chi connectivity index (χ3v) is 4.41. The first-order valence-corrected chi connectivity index (χ1v) is 9.68. The van der Waals surface area contributed by atoms with Crippen molar-refractivity contribution in [3.8, 4) is 5.75 Å². The highest BCUT2D eigenvalue weighted by molar-refractivity contribution is 7.92. The first-order valence-electron chi connectivity index (χ1n) is 7.42. The van der Waals surface area contributed by atoms with E-state index in [1.54, 1.807) is 7.11 Å². The summed E-state index contributed by atoms with van der Waals surface area (Å²) in [6.45, 7) is 1.84. The van der Waals surface area contributed by atoms with Crippen LogP contribution in [0.5, 0.6) is 5.75 Å². The highest BCUT2D eigenvalue weighted by Gasteiger charge is 2.16. The lowest BCUT2D eigenvalue weighted by atomic mass is 10.1. The Hall–Kier alpha value is -2.25. The third kappa shape index (κ3) is 5.37. The number of nitrogens with one attached hydrogen (secondary N) is 2. The monoisotopic (exact) mass is 382 g/mol. The number of methoxy groups -OCH3 is 1. The fraction of sp³-hybridized carbons (Fsp3) is 0.235. The number of ether oxygens (including phenoxy) is 1. The number of benzene rings is 2. The van der Waals surface area contributed by atoms with Gasteiger partial charge < -0.3 is 10.1 Å². The minimum absolute atomic E-state index is 0.190. The van der Waals surface area contributed by atoms with Crippen LogP contribution in [0.15, 0.2) is 42.5 Å². The average molecular weight is 383 g/mol. The second kappa shape index (κ2) is 7.76. The molecule has 0 aliphatic heterocycles. The molecule has 0 saturated heterocycles. The second-order valence-corrected chi connectivity index (χ2v) is 7.69. The lowest BCUT2D eigenvalue weighted by Crippen LogP contribution is -2.27. The molecule has 25 heavy (non-hydrogen) atoms. The molecule has 0 spiro atoms. The molecule has 6 nitrogen and oxygen atoms in total. The largest absolute Gasteiger partial charge is 0.497 e. The summed E-state index contributed by atoms with van der Waals surface area (Å²) in [6.07, 6.45) is 1.03. The molecule has 2 aromatic carbocycles. The fourth-order valence-electron chi connectivity index (χ4n) is 2.23. The van der Waals surface area contributed by atoms with E-state index < -0.39 is 15.9 Å². The van der Waals surface area contributed by atoms with Crippen molar-refractivity contribution >= 4 is 33.2 Å². The summed E-state index contributed by atoms with van der Waals surface area (Å²) in [4.78, 5) is 12.5. The number of hydrogen-bond donors (Lipinski definition) is 2. The molecule has 1 amide bonds. The molecular weight excluding hydrogens is 364 g/mol. The van der Waals surface area contributed by atoms with Crippen molar-refractivity contribution in [2.75, 3.05) is 18.1 Å². The summed E-state index contributed by atoms with van der Waals surface area (Å²) in [5, 5.41) is 3.07. The maximum atomic E-state index is 12.5. The summed E-state index contributed by atoms with van der Waals surface area (Å²) < 4.78 is 30.1. The van der Waals surface area contributed by atoms with Gasteiger partial charge in [-0.05, 0) is 42.8 Å². The molecule has 0 saturated carbocycles. The molecule has 1 atom stereocenters. The number of anilines is 1. The van der Waals surface area contributed by atoms with Gasteiger partial charge in [0.2, 0.25) is 10.0 Å². The topological polar surface area (TPSA) is 84.5 Å². The standard InChI is InChI=1S/C17H19ClN2O4S/c1-11(12-4-7-14(24-2)8-5-12)19-17(21)15-10-13(6-9-16(15)18)20-25(3,22)23/h4-11,20H,1-3H3,(H,19,21). The van der Waals surface area contributed by atoms with Gasteiger partial charge in [-0.3, -0.25) is 9.52 Å². The molecule has 0 aliphatic rings. The lowest BCUT2D eigenvalue weighted by Gasteiger charge is -2.16. The molecule has 134 valence electrons. The quantitative estimate of drug-likeness (QED) is 0.803. The van der Waals surface area contributed by atoms with Gasteiger partial charge in [0, 0.05) is 5.69 Å². The van der Waals surface area contributed by atoms with Gasteiger partial charge in [0.25, 0.3) is 5.91 Å². The Morgan fingerprint density at radius 2 is 1.80 bits per heavy atom. The van der Waals surface area contributed by atoms with Crippen LogP contribution in [0.3, 0.4) is 0 Å². The fourth-order valence-corrected chi connectivity index (χ4v) is 2.99. The summed E-state index contributed by atoms with van der Waals surface area (Å²) in [5.74, 6) is 0.329. The van der Waals surface area contributed by atoms with Crippen LogP contribution in [0.4, 0.5) is 5.69 Å². The number of sulfonamides is 1. The Morgan fingerprint density at radius 3 is 2.36 bits per heavy atom. The predicted octanol–water partition coefficient (Wildman–Crippen LogP) is 3.21. The zero-order valence-corrected chi connectivity index (χ0v) is 15.6. The number of amides is 1. The van der Waals surface area contributed by atoms with Gasteiger partial charge in [-0.25, -0.2) is 8.42 Å². The Balaban J connectivity index is 2.17. The molecule has 0 heterocycles. The minimum Gasteiger partial charge on any atom is -0.497 e. The van der Waals surface area contributed by atoms with Crippen LogP contribution in [0.2, 0.25) is 5.02 Å². The van der Waals surface area contributed by atoms with Crippen LogP contribution >= 0.6 is 11.6 Å². The van der Waals surface area contributed by atoms with Gasteiger partial charge in [0.1, 0.15) is 5.75 Å². The van der Waals surface area contributed by atoms with Crippen LogP contribution in [-0.2, 0) is 10.0 Å². The van der Waals surface area contributed by atoms with Crippen molar-refractivity contribution in [1.29, 1.82) is 0 Å². The molecule has 2 N–H and O–H groups in total. The van der Waals surface area contributed by atoms with Gasteiger partial charge in [-0.1, -0.05) is 23.7 Å². The normalized spacial score (nSPS) is 12.3. The molecule has 0 fully saturated rings. The Labute approximate surface area is 152 Å². The molecule has 1 unspecified atom stereocenters. The minimum atomic E-state index is -3.44. The molecular formula is C17H19ClN2O4S. The molecule has 0 aromatic heterocycles. The van der Waals surface area contributed by atoms with Crippen LogP contribution in [0.25, 0.3) is 0 Å². The molecule has 2 aromatic rings. The maximum Gasteiger partial charge on any atom is 0.253 e. The number of halogens is 1. The SMILES string of the molecule is COc1ccc(C(C)NC(=O)c2cc(NS(C)(=O)=O)ccc2Cl)cc1. The Bertz CT molecular complexity index is 867. The smallest absolute Gasteiger partial charge is 0.253 e. The second-order valence-electron chi connectivity index (χ2n) is 5.54. The van der Waals surface area contributed by atoms with Gasteiger partial charge in [-0.2, -0.15) is 0 Å². The van der Waals surface area contributed by atoms with Crippen molar-refractivity contribution < 1.29 is 17.9 Å². The van der Waals surface area contributed by atoms with Gasteiger partial charge in [0.15, 0.2) is 0 Å². The lowest BCUT2D eigenvalue weighted by molar-refractivity contribution is 0.0940. The highest BCUT2D eigenvalue weighted by atomic mass is 35.5. The summed E-state index contributed by atoms with van der Waals surface area (Å²) in [6, 6.07) is 11.4. The number of carbonyl (C=O) groups is 1. The average Bonchev–Trinajstić information content (AvgIpc) is 2.55. The van der Waals surface area contributed by atoms with Crippen molar-refractivity contribution in [2.24, 2.45) is 0 Å². The molecule has 8 heteroatoms. The first-order chi connectivity index (χ1) is 11.7. The summed E-state index contributed by atoms with van der Waals surface area (Å²) >= 11 is 6.08. The number of rotatable bonds is 6. The maximum absolute atomic E-state index is 12.5. The first kappa shape index (κ1) is 19.1. The van der Waals surface area contributed by atoms with Crippen LogP contribution in [-0.4, -0.2) is 27.7 Å². The Kier molecular flexibility index (Phi) is 5.92. The van der Waals surface area contributed by atoms with E-state index in [1.807, 2.05) is 31.2 Å². The zero-order valence-electron chi connectivity index (χ0n) is 14.0. The van der Waals surface area contributed by atoms with Gasteiger partial charge >= 0.3 is 0 Å². The third-order valence-electron chi connectivity index (χ3n) is 3.48. The van der Waals surface area contributed by atoms with E-state index in [9.17, 15) is 13.2 Å². The van der Waals surface area contributed by atoms with E-state index >= 15 is 0 Å². The van der Waals surface area contributed by atoms with E-state index in [0.29, 0.717) is 0 Å². The van der Waals surface area contributed by atoms with Crippen molar-refractivity contribution in [3.63, 3.8) is 0 Å². The van der Waals surface area contributed by atoms with E-state index in [-0.39, 0.29) is 22.3 Å². The molecule has 2 rings (SSSR count). The Morgan fingerprint density at radius 1 is 1.16 bits per heavy atom. The van der Waals surface area contributed by atoms with Gasteiger partial charge in [-0.15, -0.1) is 0 Å². The predicted molar refractivity (Wildman–Crippen MR) is 98.8 cm³/mol. The number of hydrogen-bond acceptors (Lipinski definition) is 4. The van der Waals surface area contributed by atoms with Crippen LogP contribution in [0, 0.1) is 0 Å². The molecule has 0 radical (unpaired) electrons. The zero-order chi connectivity index (χ0) is 18.6. The van der Waals surface area contributed by atoms with Gasteiger partial charge in [0.05, 0.1) is 30.0 Å². The van der Waals surface area contributed by atoms with Crippen LogP contribution < -0.4 is 14.8 Å². The van der Waals surface area contributed by atoms with Crippen LogP contribution in [0.1, 0.15) is 28.9 Å². The highest BCUT2D eigenvalue weighted by Crippen LogP contribution is 2.23. The van der Waals surface area contributed by atoms with E-state index in [1.165, 1.54) is 18.2 Å². The van der Waals surface area contributed by atoms with Crippen molar-refractivity contribution in [3.05, 3.63) is 58.6 Å². The molecule has 0 bridgehead atoms. The van der Waals surface area contributed by atoms with Crippen molar-refractivity contribution in [2.45, 2.75) is 13.0 Å². The van der Waals surface area contributed by atoms with E-state index in [4.69, 9.17) is 16.3 Å². The van der Waals surface area contributed by atoms with Crippen molar-refractivity contribution in [1.82, 2.24) is 5.32 Å². The number of carbonyl (C=O) groups excluding carboxylic acids is 1. The van der Waals surface area contributed by atoms with E-state index in [0.717, 1.165) is 17.6 Å². The van der Waals surface area contributed by atoms with E-state index in [2.05, 4.69) is 10.0 Å².